The molecule has 2 unspecified atom stereocenters. The van der Waals surface area contributed by atoms with Crippen molar-refractivity contribution in [1.82, 2.24) is 15.1 Å². The van der Waals surface area contributed by atoms with E-state index in [4.69, 9.17) is 4.74 Å². The summed E-state index contributed by atoms with van der Waals surface area (Å²) in [6.07, 6.45) is 2.92. The maximum atomic E-state index is 5.82. The van der Waals surface area contributed by atoms with Crippen LogP contribution >= 0.6 is 0 Å². The van der Waals surface area contributed by atoms with E-state index in [-0.39, 0.29) is 0 Å². The molecule has 4 nitrogen and oxygen atoms in total. The molecule has 0 radical (unpaired) electrons. The first-order valence-electron chi connectivity index (χ1n) is 7.04. The van der Waals surface area contributed by atoms with Crippen molar-refractivity contribution in [3.63, 3.8) is 0 Å². The molecule has 0 saturated carbocycles. The highest BCUT2D eigenvalue weighted by Crippen LogP contribution is 2.13. The van der Waals surface area contributed by atoms with Crippen LogP contribution in [0.1, 0.15) is 19.8 Å². The number of hydrogen-bond acceptors (Lipinski definition) is 4. The molecule has 0 amide bonds. The van der Waals surface area contributed by atoms with Crippen LogP contribution in [0.5, 0.6) is 0 Å². The third-order valence-electron chi connectivity index (χ3n) is 3.94. The molecule has 4 heteroatoms. The molecule has 0 spiro atoms. The van der Waals surface area contributed by atoms with Gasteiger partial charge in [0.1, 0.15) is 0 Å². The molecular weight excluding hydrogens is 214 g/mol. The quantitative estimate of drug-likeness (QED) is 0.774. The second kappa shape index (κ2) is 6.69. The normalized spacial score (nSPS) is 33.5. The van der Waals surface area contributed by atoms with Gasteiger partial charge in [-0.1, -0.05) is 6.92 Å². The third kappa shape index (κ3) is 3.91. The number of rotatable bonds is 3. The second-order valence-corrected chi connectivity index (χ2v) is 5.37. The Labute approximate surface area is 105 Å². The molecule has 2 saturated heterocycles. The lowest BCUT2D eigenvalue weighted by Crippen LogP contribution is -2.49. The fourth-order valence-corrected chi connectivity index (χ4v) is 2.92. The van der Waals surface area contributed by atoms with Crippen molar-refractivity contribution in [1.29, 1.82) is 0 Å². The molecule has 0 aromatic carbocycles. The zero-order valence-corrected chi connectivity index (χ0v) is 11.3. The van der Waals surface area contributed by atoms with Crippen molar-refractivity contribution in [2.45, 2.75) is 31.9 Å². The lowest BCUT2D eigenvalue weighted by molar-refractivity contribution is -0.00302. The predicted molar refractivity (Wildman–Crippen MR) is 70.4 cm³/mol. The van der Waals surface area contributed by atoms with Crippen molar-refractivity contribution in [2.24, 2.45) is 0 Å². The van der Waals surface area contributed by atoms with Gasteiger partial charge in [0, 0.05) is 32.2 Å². The predicted octanol–water partition coefficient (Wildman–Crippen LogP) is 0.391. The minimum absolute atomic E-state index is 0.390. The van der Waals surface area contributed by atoms with Gasteiger partial charge < -0.3 is 15.0 Å². The van der Waals surface area contributed by atoms with Crippen molar-refractivity contribution < 1.29 is 4.74 Å². The van der Waals surface area contributed by atoms with Gasteiger partial charge in [0.2, 0.25) is 0 Å². The van der Waals surface area contributed by atoms with Gasteiger partial charge in [0.05, 0.1) is 12.7 Å². The topological polar surface area (TPSA) is 27.7 Å². The van der Waals surface area contributed by atoms with E-state index in [9.17, 15) is 0 Å². The highest BCUT2D eigenvalue weighted by molar-refractivity contribution is 4.81. The Morgan fingerprint density at radius 1 is 1.35 bits per heavy atom. The molecule has 2 rings (SSSR count). The molecule has 0 aromatic heterocycles. The zero-order chi connectivity index (χ0) is 12.1. The highest BCUT2D eigenvalue weighted by Gasteiger charge is 2.25. The smallest absolute Gasteiger partial charge is 0.0826 e. The summed E-state index contributed by atoms with van der Waals surface area (Å²) in [6, 6.07) is 0.702. The van der Waals surface area contributed by atoms with E-state index in [0.717, 1.165) is 26.2 Å². The van der Waals surface area contributed by atoms with Crippen molar-refractivity contribution in [3.8, 4) is 0 Å². The Morgan fingerprint density at radius 3 is 2.94 bits per heavy atom. The Kier molecular flexibility index (Phi) is 5.22. The van der Waals surface area contributed by atoms with Crippen molar-refractivity contribution in [3.05, 3.63) is 0 Å². The highest BCUT2D eigenvalue weighted by atomic mass is 16.5. The monoisotopic (exact) mass is 241 g/mol. The number of morpholine rings is 1. The van der Waals surface area contributed by atoms with Crippen LogP contribution in [0.25, 0.3) is 0 Å². The fraction of sp³-hybridized carbons (Fsp3) is 1.00. The summed E-state index contributed by atoms with van der Waals surface area (Å²) in [5, 5.41) is 3.42. The van der Waals surface area contributed by atoms with Crippen molar-refractivity contribution in [2.75, 3.05) is 52.9 Å². The van der Waals surface area contributed by atoms with Crippen LogP contribution in [0, 0.1) is 0 Å². The summed E-state index contributed by atoms with van der Waals surface area (Å²) in [5.41, 5.74) is 0. The molecule has 0 aliphatic carbocycles. The lowest BCUT2D eigenvalue weighted by atomic mass is 10.1. The van der Waals surface area contributed by atoms with Gasteiger partial charge in [-0.05, 0) is 33.0 Å². The number of likely N-dealkylation sites (N-methyl/N-ethyl adjacent to an activating group) is 1. The Bertz CT molecular complexity index is 219. The summed E-state index contributed by atoms with van der Waals surface area (Å²) >= 11 is 0. The van der Waals surface area contributed by atoms with E-state index in [1.54, 1.807) is 0 Å². The van der Waals surface area contributed by atoms with Crippen LogP contribution < -0.4 is 5.32 Å². The largest absolute Gasteiger partial charge is 0.374 e. The summed E-state index contributed by atoms with van der Waals surface area (Å²) in [7, 11) is 2.24. The summed E-state index contributed by atoms with van der Waals surface area (Å²) in [6.45, 7) is 9.96. The molecule has 17 heavy (non-hydrogen) atoms. The molecule has 0 bridgehead atoms. The average Bonchev–Trinajstić information content (AvgIpc) is 2.52. The Balaban J connectivity index is 1.87. The molecule has 2 atom stereocenters. The summed E-state index contributed by atoms with van der Waals surface area (Å²) in [4.78, 5) is 5.11. The molecular formula is C13H27N3O. The Morgan fingerprint density at radius 2 is 2.24 bits per heavy atom. The summed E-state index contributed by atoms with van der Waals surface area (Å²) < 4.78 is 5.82. The molecule has 2 aliphatic rings. The third-order valence-corrected chi connectivity index (χ3v) is 3.94. The zero-order valence-electron chi connectivity index (χ0n) is 11.3. The first-order chi connectivity index (χ1) is 8.29. The maximum Gasteiger partial charge on any atom is 0.0826 e. The van der Waals surface area contributed by atoms with Crippen molar-refractivity contribution >= 4 is 0 Å². The minimum atomic E-state index is 0.390. The van der Waals surface area contributed by atoms with E-state index in [1.165, 1.54) is 32.5 Å². The van der Waals surface area contributed by atoms with Crippen LogP contribution in [0.3, 0.4) is 0 Å². The van der Waals surface area contributed by atoms with Gasteiger partial charge in [-0.3, -0.25) is 4.90 Å². The lowest BCUT2D eigenvalue weighted by Gasteiger charge is -2.34. The number of nitrogens with one attached hydrogen (secondary N) is 1. The first-order valence-corrected chi connectivity index (χ1v) is 7.04. The molecule has 2 heterocycles. The molecule has 0 aromatic rings. The van der Waals surface area contributed by atoms with Gasteiger partial charge in [-0.15, -0.1) is 0 Å². The fourth-order valence-electron chi connectivity index (χ4n) is 2.92. The van der Waals surface area contributed by atoms with Crippen LogP contribution in [0.15, 0.2) is 0 Å². The van der Waals surface area contributed by atoms with Gasteiger partial charge in [0.15, 0.2) is 0 Å². The van der Waals surface area contributed by atoms with Gasteiger partial charge in [-0.25, -0.2) is 0 Å². The van der Waals surface area contributed by atoms with E-state index in [1.807, 2.05) is 0 Å². The average molecular weight is 241 g/mol. The molecule has 100 valence electrons. The van der Waals surface area contributed by atoms with Crippen LogP contribution in [-0.2, 0) is 4.74 Å². The van der Waals surface area contributed by atoms with Gasteiger partial charge >= 0.3 is 0 Å². The Hall–Kier alpha value is -0.160. The van der Waals surface area contributed by atoms with E-state index in [2.05, 4.69) is 29.1 Å². The van der Waals surface area contributed by atoms with E-state index in [0.29, 0.717) is 12.1 Å². The SMILES string of the molecule is CCC1CN(C)CCCN1CC1CNCCO1. The number of hydrogen-bond donors (Lipinski definition) is 1. The minimum Gasteiger partial charge on any atom is -0.374 e. The van der Waals surface area contributed by atoms with Crippen LogP contribution in [-0.4, -0.2) is 74.9 Å². The summed E-state index contributed by atoms with van der Waals surface area (Å²) in [5.74, 6) is 0. The standard InChI is InChI=1S/C13H27N3O/c1-3-12-10-15(2)6-4-7-16(12)11-13-9-14-5-8-17-13/h12-14H,3-11H2,1-2H3. The van der Waals surface area contributed by atoms with Gasteiger partial charge in [-0.2, -0.15) is 0 Å². The number of ether oxygens (including phenoxy) is 1. The van der Waals surface area contributed by atoms with Gasteiger partial charge in [0.25, 0.3) is 0 Å². The maximum absolute atomic E-state index is 5.82. The van der Waals surface area contributed by atoms with E-state index < -0.39 is 0 Å². The first kappa shape index (κ1) is 13.3. The van der Waals surface area contributed by atoms with Crippen LogP contribution in [0.4, 0.5) is 0 Å². The molecule has 1 N–H and O–H groups in total. The van der Waals surface area contributed by atoms with E-state index >= 15 is 0 Å². The molecule has 2 fully saturated rings. The second-order valence-electron chi connectivity index (χ2n) is 5.37. The number of nitrogens with zero attached hydrogens (tertiary/aromatic N) is 2. The van der Waals surface area contributed by atoms with Crippen LogP contribution in [0.2, 0.25) is 0 Å². The molecule has 2 aliphatic heterocycles.